The minimum atomic E-state index is -0.0844. The number of thioether (sulfide) groups is 1. The third-order valence-electron chi connectivity index (χ3n) is 3.50. The molecular weight excluding hydrogens is 296 g/mol. The minimum Gasteiger partial charge on any atom is -0.495 e. The zero-order valence-electron chi connectivity index (χ0n) is 12.7. The smallest absolute Gasteiger partial charge is 0.266 e. The fourth-order valence-corrected chi connectivity index (χ4v) is 2.99. The SMILES string of the molecule is COc1ccc(C)cc1-n1c(SC)nc2ccccc2c1=O. The standard InChI is InChI=1S/C17H16N2O2S/c1-11-8-9-15(21-2)14(10-11)19-16(20)12-6-4-5-7-13(12)18-17(19)22-3/h4-10H,1-3H3. The van der Waals surface area contributed by atoms with Crippen LogP contribution in [0.25, 0.3) is 16.6 Å². The molecule has 0 N–H and O–H groups in total. The quantitative estimate of drug-likeness (QED) is 0.549. The van der Waals surface area contributed by atoms with Gasteiger partial charge in [-0.1, -0.05) is 30.0 Å². The fraction of sp³-hybridized carbons (Fsp3) is 0.176. The van der Waals surface area contributed by atoms with E-state index in [1.54, 1.807) is 17.7 Å². The monoisotopic (exact) mass is 312 g/mol. The molecule has 0 atom stereocenters. The number of aryl methyl sites for hydroxylation is 1. The van der Waals surface area contributed by atoms with E-state index in [1.807, 2.05) is 49.6 Å². The van der Waals surface area contributed by atoms with E-state index < -0.39 is 0 Å². The Morgan fingerprint density at radius 3 is 2.68 bits per heavy atom. The van der Waals surface area contributed by atoms with E-state index in [2.05, 4.69) is 4.98 Å². The van der Waals surface area contributed by atoms with Crippen molar-refractivity contribution < 1.29 is 4.74 Å². The number of para-hydroxylation sites is 1. The predicted molar refractivity (Wildman–Crippen MR) is 90.4 cm³/mol. The Morgan fingerprint density at radius 1 is 1.18 bits per heavy atom. The first-order chi connectivity index (χ1) is 10.7. The summed E-state index contributed by atoms with van der Waals surface area (Å²) in [4.78, 5) is 17.5. The maximum absolute atomic E-state index is 12.9. The molecule has 0 saturated carbocycles. The van der Waals surface area contributed by atoms with E-state index in [4.69, 9.17) is 4.74 Å². The number of fused-ring (bicyclic) bond motifs is 1. The summed E-state index contributed by atoms with van der Waals surface area (Å²) in [6, 6.07) is 13.2. The Morgan fingerprint density at radius 2 is 1.95 bits per heavy atom. The molecule has 0 bridgehead atoms. The van der Waals surface area contributed by atoms with Crippen LogP contribution in [0.5, 0.6) is 5.75 Å². The van der Waals surface area contributed by atoms with Crippen LogP contribution >= 0.6 is 11.8 Å². The summed E-state index contributed by atoms with van der Waals surface area (Å²) in [5, 5.41) is 1.25. The van der Waals surface area contributed by atoms with Crippen LogP contribution in [0.2, 0.25) is 0 Å². The van der Waals surface area contributed by atoms with Crippen molar-refractivity contribution in [3.63, 3.8) is 0 Å². The van der Waals surface area contributed by atoms with Gasteiger partial charge in [-0.15, -0.1) is 0 Å². The molecule has 2 aromatic carbocycles. The first-order valence-corrected chi connectivity index (χ1v) is 8.09. The van der Waals surface area contributed by atoms with Crippen LogP contribution in [0.4, 0.5) is 0 Å². The molecule has 22 heavy (non-hydrogen) atoms. The van der Waals surface area contributed by atoms with E-state index in [1.165, 1.54) is 11.8 Å². The summed E-state index contributed by atoms with van der Waals surface area (Å²) >= 11 is 1.44. The highest BCUT2D eigenvalue weighted by molar-refractivity contribution is 7.98. The van der Waals surface area contributed by atoms with Gasteiger partial charge in [0, 0.05) is 0 Å². The van der Waals surface area contributed by atoms with Crippen molar-refractivity contribution in [1.29, 1.82) is 0 Å². The Hall–Kier alpha value is -2.27. The lowest BCUT2D eigenvalue weighted by Gasteiger charge is -2.15. The molecule has 0 fully saturated rings. The first-order valence-electron chi connectivity index (χ1n) is 6.86. The minimum absolute atomic E-state index is 0.0844. The number of methoxy groups -OCH3 is 1. The second kappa shape index (κ2) is 5.85. The van der Waals surface area contributed by atoms with Crippen molar-refractivity contribution in [1.82, 2.24) is 9.55 Å². The summed E-state index contributed by atoms with van der Waals surface area (Å²) < 4.78 is 7.05. The molecule has 0 unspecified atom stereocenters. The molecular formula is C17H16N2O2S. The van der Waals surface area contributed by atoms with Gasteiger partial charge in [0.2, 0.25) is 0 Å². The van der Waals surface area contributed by atoms with Gasteiger partial charge in [0.1, 0.15) is 5.75 Å². The summed E-state index contributed by atoms with van der Waals surface area (Å²) in [7, 11) is 1.60. The summed E-state index contributed by atoms with van der Waals surface area (Å²) in [6.07, 6.45) is 1.91. The lowest BCUT2D eigenvalue weighted by atomic mass is 10.2. The molecule has 0 aliphatic carbocycles. The van der Waals surface area contributed by atoms with Gasteiger partial charge in [0.05, 0.1) is 23.7 Å². The van der Waals surface area contributed by atoms with Gasteiger partial charge in [-0.2, -0.15) is 0 Å². The number of hydrogen-bond acceptors (Lipinski definition) is 4. The average Bonchev–Trinajstić information content (AvgIpc) is 2.54. The number of rotatable bonds is 3. The second-order valence-electron chi connectivity index (χ2n) is 4.93. The summed E-state index contributed by atoms with van der Waals surface area (Å²) in [5.41, 5.74) is 2.40. The molecule has 0 aliphatic rings. The third-order valence-corrected chi connectivity index (χ3v) is 4.14. The number of hydrogen-bond donors (Lipinski definition) is 0. The van der Waals surface area contributed by atoms with Crippen LogP contribution in [0.3, 0.4) is 0 Å². The van der Waals surface area contributed by atoms with Crippen molar-refractivity contribution in [2.45, 2.75) is 12.1 Å². The topological polar surface area (TPSA) is 44.1 Å². The van der Waals surface area contributed by atoms with Crippen LogP contribution < -0.4 is 10.3 Å². The van der Waals surface area contributed by atoms with Crippen molar-refractivity contribution in [2.24, 2.45) is 0 Å². The van der Waals surface area contributed by atoms with Gasteiger partial charge < -0.3 is 4.74 Å². The number of nitrogens with zero attached hydrogens (tertiary/aromatic N) is 2. The average molecular weight is 312 g/mol. The van der Waals surface area contributed by atoms with E-state index >= 15 is 0 Å². The maximum Gasteiger partial charge on any atom is 0.266 e. The zero-order valence-corrected chi connectivity index (χ0v) is 13.5. The highest BCUT2D eigenvalue weighted by Gasteiger charge is 2.15. The number of benzene rings is 2. The maximum atomic E-state index is 12.9. The van der Waals surface area contributed by atoms with Gasteiger partial charge in [-0.3, -0.25) is 9.36 Å². The fourth-order valence-electron chi connectivity index (χ4n) is 2.44. The lowest BCUT2D eigenvalue weighted by Crippen LogP contribution is -2.22. The van der Waals surface area contributed by atoms with Crippen LogP contribution in [0.15, 0.2) is 52.4 Å². The Bertz CT molecular complexity index is 903. The van der Waals surface area contributed by atoms with E-state index in [0.29, 0.717) is 21.8 Å². The van der Waals surface area contributed by atoms with E-state index in [0.717, 1.165) is 11.3 Å². The molecule has 1 heterocycles. The molecule has 4 nitrogen and oxygen atoms in total. The van der Waals surface area contributed by atoms with Crippen LogP contribution in [-0.2, 0) is 0 Å². The predicted octanol–water partition coefficient (Wildman–Crippen LogP) is 3.42. The van der Waals surface area contributed by atoms with Crippen molar-refractivity contribution in [2.75, 3.05) is 13.4 Å². The Balaban J connectivity index is 2.42. The number of ether oxygens (including phenoxy) is 1. The van der Waals surface area contributed by atoms with E-state index in [9.17, 15) is 4.79 Å². The second-order valence-corrected chi connectivity index (χ2v) is 5.70. The molecule has 1 aromatic heterocycles. The van der Waals surface area contributed by atoms with Crippen molar-refractivity contribution >= 4 is 22.7 Å². The molecule has 0 spiro atoms. The molecule has 3 rings (SSSR count). The van der Waals surface area contributed by atoms with Crippen LogP contribution in [0, 0.1) is 6.92 Å². The van der Waals surface area contributed by atoms with Crippen LogP contribution in [-0.4, -0.2) is 22.9 Å². The highest BCUT2D eigenvalue weighted by atomic mass is 32.2. The Labute approximate surface area is 132 Å². The molecule has 0 saturated heterocycles. The van der Waals surface area contributed by atoms with Crippen LogP contribution in [0.1, 0.15) is 5.56 Å². The molecule has 0 aliphatic heterocycles. The Kier molecular flexibility index (Phi) is 3.90. The molecule has 0 radical (unpaired) electrons. The van der Waals surface area contributed by atoms with Gasteiger partial charge in [0.15, 0.2) is 5.16 Å². The van der Waals surface area contributed by atoms with Crippen molar-refractivity contribution in [3.8, 4) is 11.4 Å². The molecule has 3 aromatic rings. The van der Waals surface area contributed by atoms with Gasteiger partial charge in [-0.25, -0.2) is 4.98 Å². The van der Waals surface area contributed by atoms with Gasteiger partial charge in [0.25, 0.3) is 5.56 Å². The van der Waals surface area contributed by atoms with Gasteiger partial charge >= 0.3 is 0 Å². The third kappa shape index (κ3) is 2.37. The zero-order chi connectivity index (χ0) is 15.7. The largest absolute Gasteiger partial charge is 0.495 e. The lowest BCUT2D eigenvalue weighted by molar-refractivity contribution is 0.411. The normalized spacial score (nSPS) is 10.9. The first kappa shape index (κ1) is 14.7. The molecule has 0 amide bonds. The molecule has 112 valence electrons. The number of aromatic nitrogens is 2. The summed E-state index contributed by atoms with van der Waals surface area (Å²) in [5.74, 6) is 0.653. The van der Waals surface area contributed by atoms with Gasteiger partial charge in [-0.05, 0) is 43.0 Å². The highest BCUT2D eigenvalue weighted by Crippen LogP contribution is 2.27. The molecule has 5 heteroatoms. The summed E-state index contributed by atoms with van der Waals surface area (Å²) in [6.45, 7) is 1.99. The van der Waals surface area contributed by atoms with Crippen molar-refractivity contribution in [3.05, 3.63) is 58.4 Å². The van der Waals surface area contributed by atoms with E-state index in [-0.39, 0.29) is 5.56 Å².